The van der Waals surface area contributed by atoms with E-state index in [9.17, 15) is 9.90 Å². The number of aliphatic hydroxyl groups excluding tert-OH is 1. The highest BCUT2D eigenvalue weighted by Crippen LogP contribution is 2.13. The zero-order valence-corrected chi connectivity index (χ0v) is 8.13. The van der Waals surface area contributed by atoms with Gasteiger partial charge in [-0.1, -0.05) is 30.3 Å². The lowest BCUT2D eigenvalue weighted by Gasteiger charge is -2.10. The average Bonchev–Trinajstić information content (AvgIpc) is 2.58. The zero-order chi connectivity index (χ0) is 10.7. The van der Waals surface area contributed by atoms with E-state index < -0.39 is 18.2 Å². The first-order valence-corrected chi connectivity index (χ1v) is 4.77. The minimum atomic E-state index is -0.846. The largest absolute Gasteiger partial charge is 0.461 e. The molecule has 0 amide bonds. The quantitative estimate of drug-likeness (QED) is 0.734. The highest BCUT2D eigenvalue weighted by atomic mass is 16.6. The predicted octanol–water partition coefficient (Wildman–Crippen LogP) is 0.489. The molecule has 0 aliphatic carbocycles. The number of ether oxygens (including phenoxy) is 2. The second-order valence-corrected chi connectivity index (χ2v) is 3.41. The second-order valence-electron chi connectivity index (χ2n) is 3.41. The van der Waals surface area contributed by atoms with Gasteiger partial charge in [-0.2, -0.15) is 0 Å². The number of rotatable bonds is 3. The molecule has 1 saturated heterocycles. The Kier molecular flexibility index (Phi) is 2.99. The Hall–Kier alpha value is -1.39. The number of hydrogen-bond acceptors (Lipinski definition) is 4. The molecule has 1 aliphatic rings. The Morgan fingerprint density at radius 1 is 1.40 bits per heavy atom. The summed E-state index contributed by atoms with van der Waals surface area (Å²) in [7, 11) is 0. The van der Waals surface area contributed by atoms with Crippen molar-refractivity contribution in [3.63, 3.8) is 0 Å². The third kappa shape index (κ3) is 2.34. The summed E-state index contributed by atoms with van der Waals surface area (Å²) in [5.74, 6) is -0.488. The minimum absolute atomic E-state index is 0.0261. The fourth-order valence-corrected chi connectivity index (χ4v) is 1.43. The van der Waals surface area contributed by atoms with Crippen molar-refractivity contribution >= 4 is 5.97 Å². The van der Waals surface area contributed by atoms with Gasteiger partial charge in [-0.25, -0.2) is 4.79 Å². The highest BCUT2D eigenvalue weighted by molar-refractivity contribution is 5.77. The van der Waals surface area contributed by atoms with Crippen LogP contribution in [0, 0.1) is 0 Å². The van der Waals surface area contributed by atoms with Crippen LogP contribution in [-0.4, -0.2) is 29.9 Å². The first-order valence-electron chi connectivity index (χ1n) is 4.77. The summed E-state index contributed by atoms with van der Waals surface area (Å²) in [5.41, 5.74) is 0.962. The van der Waals surface area contributed by atoms with Gasteiger partial charge in [-0.15, -0.1) is 0 Å². The summed E-state index contributed by atoms with van der Waals surface area (Å²) in [4.78, 5) is 11.1. The van der Waals surface area contributed by atoms with Crippen LogP contribution in [0.1, 0.15) is 5.56 Å². The number of esters is 1. The molecule has 0 unspecified atom stereocenters. The fourth-order valence-electron chi connectivity index (χ4n) is 1.43. The van der Waals surface area contributed by atoms with E-state index in [1.165, 1.54) is 0 Å². The lowest BCUT2D eigenvalue weighted by Crippen LogP contribution is -2.29. The van der Waals surface area contributed by atoms with Crippen molar-refractivity contribution in [2.75, 3.05) is 6.61 Å². The predicted molar refractivity (Wildman–Crippen MR) is 52.0 cm³/mol. The van der Waals surface area contributed by atoms with Crippen LogP contribution in [0.4, 0.5) is 0 Å². The summed E-state index contributed by atoms with van der Waals surface area (Å²) < 4.78 is 9.94. The van der Waals surface area contributed by atoms with E-state index in [2.05, 4.69) is 4.74 Å². The third-order valence-corrected chi connectivity index (χ3v) is 2.25. The molecule has 15 heavy (non-hydrogen) atoms. The smallest absolute Gasteiger partial charge is 0.338 e. The van der Waals surface area contributed by atoms with Crippen molar-refractivity contribution in [3.05, 3.63) is 35.9 Å². The number of cyclic esters (lactones) is 1. The molecular formula is C11H12O4. The molecule has 0 spiro atoms. The molecule has 1 fully saturated rings. The molecule has 1 heterocycles. The molecule has 2 rings (SSSR count). The Labute approximate surface area is 87.4 Å². The van der Waals surface area contributed by atoms with Crippen molar-refractivity contribution in [1.82, 2.24) is 0 Å². The Balaban J connectivity index is 1.91. The van der Waals surface area contributed by atoms with Crippen molar-refractivity contribution < 1.29 is 19.4 Å². The number of hydrogen-bond donors (Lipinski definition) is 1. The number of carbonyl (C=O) groups is 1. The van der Waals surface area contributed by atoms with E-state index in [0.29, 0.717) is 6.61 Å². The summed E-state index contributed by atoms with van der Waals surface area (Å²) in [5, 5.41) is 9.37. The zero-order valence-electron chi connectivity index (χ0n) is 8.13. The summed E-state index contributed by atoms with van der Waals surface area (Å²) in [6.45, 7) is 0.329. The maximum absolute atomic E-state index is 11.1. The van der Waals surface area contributed by atoms with Crippen molar-refractivity contribution in [2.24, 2.45) is 0 Å². The van der Waals surface area contributed by atoms with E-state index in [4.69, 9.17) is 4.74 Å². The van der Waals surface area contributed by atoms with Gasteiger partial charge in [-0.3, -0.25) is 0 Å². The van der Waals surface area contributed by atoms with E-state index in [1.807, 2.05) is 30.3 Å². The topological polar surface area (TPSA) is 55.8 Å². The van der Waals surface area contributed by atoms with Crippen LogP contribution >= 0.6 is 0 Å². The van der Waals surface area contributed by atoms with Gasteiger partial charge in [0.1, 0.15) is 12.7 Å². The van der Waals surface area contributed by atoms with Gasteiger partial charge in [0, 0.05) is 0 Å². The molecule has 0 radical (unpaired) electrons. The van der Waals surface area contributed by atoms with Crippen molar-refractivity contribution in [2.45, 2.75) is 18.8 Å². The maximum atomic E-state index is 11.1. The van der Waals surface area contributed by atoms with Gasteiger partial charge < -0.3 is 14.6 Å². The monoisotopic (exact) mass is 208 g/mol. The first kappa shape index (κ1) is 10.1. The lowest BCUT2D eigenvalue weighted by atomic mass is 10.2. The molecule has 0 bridgehead atoms. The molecule has 4 nitrogen and oxygen atoms in total. The van der Waals surface area contributed by atoms with E-state index in [-0.39, 0.29) is 6.61 Å². The normalized spacial score (nSPS) is 25.3. The molecule has 2 atom stereocenters. The van der Waals surface area contributed by atoms with Gasteiger partial charge in [-0.05, 0) is 5.56 Å². The van der Waals surface area contributed by atoms with Crippen LogP contribution in [0.15, 0.2) is 30.3 Å². The van der Waals surface area contributed by atoms with Gasteiger partial charge in [0.2, 0.25) is 0 Å². The van der Waals surface area contributed by atoms with Crippen LogP contribution in [0.25, 0.3) is 0 Å². The Bertz CT molecular complexity index is 336. The van der Waals surface area contributed by atoms with Gasteiger partial charge in [0.25, 0.3) is 0 Å². The van der Waals surface area contributed by atoms with E-state index >= 15 is 0 Å². The second kappa shape index (κ2) is 4.42. The Morgan fingerprint density at radius 3 is 2.73 bits per heavy atom. The van der Waals surface area contributed by atoms with Crippen molar-refractivity contribution in [3.8, 4) is 0 Å². The highest BCUT2D eigenvalue weighted by Gasteiger charge is 2.36. The van der Waals surface area contributed by atoms with Crippen LogP contribution in [0.2, 0.25) is 0 Å². The fraction of sp³-hybridized carbons (Fsp3) is 0.364. The number of benzene rings is 1. The van der Waals surface area contributed by atoms with Gasteiger partial charge in [0.15, 0.2) is 6.10 Å². The molecule has 80 valence electrons. The molecule has 0 aromatic heterocycles. The van der Waals surface area contributed by atoms with E-state index in [0.717, 1.165) is 5.56 Å². The summed E-state index contributed by atoms with van der Waals surface area (Å²) in [6.07, 6.45) is -1.69. The molecule has 0 saturated carbocycles. The molecule has 4 heteroatoms. The minimum Gasteiger partial charge on any atom is -0.461 e. The average molecular weight is 208 g/mol. The maximum Gasteiger partial charge on any atom is 0.338 e. The molecular weight excluding hydrogens is 196 g/mol. The lowest BCUT2D eigenvalue weighted by molar-refractivity contribution is -0.149. The van der Waals surface area contributed by atoms with Gasteiger partial charge >= 0.3 is 5.97 Å². The molecule has 1 N–H and O–H groups in total. The third-order valence-electron chi connectivity index (χ3n) is 2.25. The Morgan fingerprint density at radius 2 is 2.13 bits per heavy atom. The van der Waals surface area contributed by atoms with E-state index in [1.54, 1.807) is 0 Å². The SMILES string of the molecule is O=C1OC[C@H](O)[C@H]1OCc1ccccc1. The molecule has 1 aliphatic heterocycles. The van der Waals surface area contributed by atoms with Crippen LogP contribution < -0.4 is 0 Å². The summed E-state index contributed by atoms with van der Waals surface area (Å²) in [6, 6.07) is 9.48. The molecule has 1 aromatic rings. The van der Waals surface area contributed by atoms with Crippen LogP contribution in [0.3, 0.4) is 0 Å². The van der Waals surface area contributed by atoms with Crippen LogP contribution in [-0.2, 0) is 20.9 Å². The first-order chi connectivity index (χ1) is 7.27. The van der Waals surface area contributed by atoms with Crippen LogP contribution in [0.5, 0.6) is 0 Å². The van der Waals surface area contributed by atoms with Crippen molar-refractivity contribution in [1.29, 1.82) is 0 Å². The standard InChI is InChI=1S/C11H12O4/c12-9-7-15-11(13)10(9)14-6-8-4-2-1-3-5-8/h1-5,9-10,12H,6-7H2/t9-,10+/m0/s1. The van der Waals surface area contributed by atoms with Gasteiger partial charge in [0.05, 0.1) is 6.61 Å². The number of aliphatic hydroxyl groups is 1. The number of carbonyl (C=O) groups excluding carboxylic acids is 1. The summed E-state index contributed by atoms with van der Waals surface area (Å²) >= 11 is 0. The molecule has 1 aromatic carbocycles.